The van der Waals surface area contributed by atoms with E-state index in [0.29, 0.717) is 18.1 Å². The fourth-order valence-corrected chi connectivity index (χ4v) is 3.64. The molecule has 1 saturated carbocycles. The van der Waals surface area contributed by atoms with Gasteiger partial charge in [0.25, 0.3) is 0 Å². The van der Waals surface area contributed by atoms with Crippen LogP contribution in [0.3, 0.4) is 0 Å². The molecule has 0 spiro atoms. The standard InChI is InChI=1S/C18H25ClN4O2/c19-14-4-3-7-16(12-14)22-8-10-23(11-9-22)18(25)20-13-17(24)21-15-5-1-2-6-15/h3-4,7,12,15H,1-2,5-6,8-11,13H2,(H,20,25)(H,21,24). The van der Waals surface area contributed by atoms with E-state index in [-0.39, 0.29) is 24.5 Å². The smallest absolute Gasteiger partial charge is 0.317 e. The maximum Gasteiger partial charge on any atom is 0.317 e. The van der Waals surface area contributed by atoms with Gasteiger partial charge in [-0.3, -0.25) is 4.79 Å². The van der Waals surface area contributed by atoms with Crippen LogP contribution >= 0.6 is 11.6 Å². The number of carbonyl (C=O) groups is 2. The topological polar surface area (TPSA) is 64.7 Å². The van der Waals surface area contributed by atoms with Crippen molar-refractivity contribution >= 4 is 29.2 Å². The summed E-state index contributed by atoms with van der Waals surface area (Å²) in [4.78, 5) is 28.1. The maximum atomic E-state index is 12.2. The van der Waals surface area contributed by atoms with Crippen molar-refractivity contribution in [3.05, 3.63) is 29.3 Å². The van der Waals surface area contributed by atoms with Crippen LogP contribution in [0.4, 0.5) is 10.5 Å². The van der Waals surface area contributed by atoms with Gasteiger partial charge in [0.2, 0.25) is 5.91 Å². The van der Waals surface area contributed by atoms with Gasteiger partial charge in [-0.25, -0.2) is 4.79 Å². The van der Waals surface area contributed by atoms with E-state index in [4.69, 9.17) is 11.6 Å². The van der Waals surface area contributed by atoms with E-state index in [2.05, 4.69) is 15.5 Å². The number of nitrogens with zero attached hydrogens (tertiary/aromatic N) is 2. The first-order valence-electron chi connectivity index (χ1n) is 8.94. The Morgan fingerprint density at radius 1 is 1.12 bits per heavy atom. The molecule has 0 bridgehead atoms. The summed E-state index contributed by atoms with van der Waals surface area (Å²) in [6.45, 7) is 2.80. The van der Waals surface area contributed by atoms with Gasteiger partial charge >= 0.3 is 6.03 Å². The highest BCUT2D eigenvalue weighted by atomic mass is 35.5. The lowest BCUT2D eigenvalue weighted by molar-refractivity contribution is -0.120. The number of benzene rings is 1. The van der Waals surface area contributed by atoms with Gasteiger partial charge in [-0.15, -0.1) is 0 Å². The summed E-state index contributed by atoms with van der Waals surface area (Å²) in [7, 11) is 0. The third-order valence-electron chi connectivity index (χ3n) is 4.86. The average molecular weight is 365 g/mol. The largest absolute Gasteiger partial charge is 0.368 e. The number of hydrogen-bond donors (Lipinski definition) is 2. The summed E-state index contributed by atoms with van der Waals surface area (Å²) in [6.07, 6.45) is 4.44. The predicted octanol–water partition coefficient (Wildman–Crippen LogP) is 2.23. The summed E-state index contributed by atoms with van der Waals surface area (Å²) in [6, 6.07) is 7.85. The molecule has 0 unspecified atom stereocenters. The fourth-order valence-electron chi connectivity index (χ4n) is 3.46. The number of piperazine rings is 1. The zero-order chi connectivity index (χ0) is 17.6. The molecule has 1 heterocycles. The van der Waals surface area contributed by atoms with E-state index in [1.165, 1.54) is 12.8 Å². The van der Waals surface area contributed by atoms with Crippen LogP contribution in [0.25, 0.3) is 0 Å². The molecule has 1 aromatic carbocycles. The van der Waals surface area contributed by atoms with Crippen LogP contribution in [-0.4, -0.2) is 55.6 Å². The molecule has 2 fully saturated rings. The second kappa shape index (κ2) is 8.43. The Morgan fingerprint density at radius 3 is 2.52 bits per heavy atom. The Bertz CT molecular complexity index is 611. The van der Waals surface area contributed by atoms with E-state index in [0.717, 1.165) is 31.6 Å². The summed E-state index contributed by atoms with van der Waals surface area (Å²) < 4.78 is 0. The third kappa shape index (κ3) is 5.01. The van der Waals surface area contributed by atoms with Gasteiger partial charge in [-0.1, -0.05) is 30.5 Å². The first-order valence-corrected chi connectivity index (χ1v) is 9.32. The second-order valence-electron chi connectivity index (χ2n) is 6.66. The zero-order valence-corrected chi connectivity index (χ0v) is 15.1. The summed E-state index contributed by atoms with van der Waals surface area (Å²) >= 11 is 6.04. The molecule has 136 valence electrons. The number of hydrogen-bond acceptors (Lipinski definition) is 3. The van der Waals surface area contributed by atoms with E-state index < -0.39 is 0 Å². The highest BCUT2D eigenvalue weighted by Gasteiger charge is 2.22. The van der Waals surface area contributed by atoms with Gasteiger partial charge in [-0.05, 0) is 31.0 Å². The molecule has 7 heteroatoms. The maximum absolute atomic E-state index is 12.2. The zero-order valence-electron chi connectivity index (χ0n) is 14.3. The molecule has 6 nitrogen and oxygen atoms in total. The Labute approximate surface area is 153 Å². The minimum atomic E-state index is -0.174. The summed E-state index contributed by atoms with van der Waals surface area (Å²) in [5.74, 6) is -0.0992. The molecule has 0 aromatic heterocycles. The number of amides is 3. The molecule has 3 rings (SSSR count). The van der Waals surface area contributed by atoms with Crippen molar-refractivity contribution in [1.82, 2.24) is 15.5 Å². The number of carbonyl (C=O) groups excluding carboxylic acids is 2. The van der Waals surface area contributed by atoms with Crippen LogP contribution in [0.2, 0.25) is 5.02 Å². The van der Waals surface area contributed by atoms with Crippen LogP contribution in [0.1, 0.15) is 25.7 Å². The van der Waals surface area contributed by atoms with Crippen molar-refractivity contribution < 1.29 is 9.59 Å². The van der Waals surface area contributed by atoms with E-state index in [9.17, 15) is 9.59 Å². The van der Waals surface area contributed by atoms with Crippen LogP contribution in [0, 0.1) is 0 Å². The Kier molecular flexibility index (Phi) is 6.02. The van der Waals surface area contributed by atoms with Crippen LogP contribution in [0.5, 0.6) is 0 Å². The SMILES string of the molecule is O=C(CNC(=O)N1CCN(c2cccc(Cl)c2)CC1)NC1CCCC1. The number of rotatable bonds is 4. The fraction of sp³-hybridized carbons (Fsp3) is 0.556. The Balaban J connectivity index is 1.40. The number of anilines is 1. The van der Waals surface area contributed by atoms with E-state index in [1.807, 2.05) is 24.3 Å². The van der Waals surface area contributed by atoms with Gasteiger partial charge in [0, 0.05) is 42.9 Å². The molecule has 1 saturated heterocycles. The van der Waals surface area contributed by atoms with Gasteiger partial charge in [0.1, 0.15) is 0 Å². The molecule has 1 aliphatic carbocycles. The van der Waals surface area contributed by atoms with Crippen LogP contribution in [0.15, 0.2) is 24.3 Å². The molecule has 1 aromatic rings. The lowest BCUT2D eigenvalue weighted by Crippen LogP contribution is -2.53. The van der Waals surface area contributed by atoms with Crippen molar-refractivity contribution in [3.63, 3.8) is 0 Å². The lowest BCUT2D eigenvalue weighted by Gasteiger charge is -2.36. The monoisotopic (exact) mass is 364 g/mol. The molecule has 3 amide bonds. The van der Waals surface area contributed by atoms with Crippen LogP contribution in [-0.2, 0) is 4.79 Å². The molecule has 0 radical (unpaired) electrons. The van der Waals surface area contributed by atoms with Crippen molar-refractivity contribution in [2.24, 2.45) is 0 Å². The van der Waals surface area contributed by atoms with Crippen molar-refractivity contribution in [3.8, 4) is 0 Å². The minimum Gasteiger partial charge on any atom is -0.368 e. The Hall–Kier alpha value is -1.95. The molecular formula is C18H25ClN4O2. The van der Waals surface area contributed by atoms with E-state index >= 15 is 0 Å². The van der Waals surface area contributed by atoms with Crippen molar-refractivity contribution in [2.75, 3.05) is 37.6 Å². The van der Waals surface area contributed by atoms with Gasteiger partial charge in [0.05, 0.1) is 6.54 Å². The predicted molar refractivity (Wildman–Crippen MR) is 99.0 cm³/mol. The first kappa shape index (κ1) is 17.9. The normalized spacial score (nSPS) is 18.3. The number of halogens is 1. The lowest BCUT2D eigenvalue weighted by atomic mass is 10.2. The average Bonchev–Trinajstić information content (AvgIpc) is 3.13. The molecule has 25 heavy (non-hydrogen) atoms. The second-order valence-corrected chi connectivity index (χ2v) is 7.10. The molecule has 2 aliphatic rings. The van der Waals surface area contributed by atoms with Gasteiger partial charge in [0.15, 0.2) is 0 Å². The van der Waals surface area contributed by atoms with Crippen molar-refractivity contribution in [2.45, 2.75) is 31.7 Å². The summed E-state index contributed by atoms with van der Waals surface area (Å²) in [5, 5.41) is 6.42. The quantitative estimate of drug-likeness (QED) is 0.861. The van der Waals surface area contributed by atoms with Gasteiger partial charge in [-0.2, -0.15) is 0 Å². The van der Waals surface area contributed by atoms with Crippen molar-refractivity contribution in [1.29, 1.82) is 0 Å². The van der Waals surface area contributed by atoms with Gasteiger partial charge < -0.3 is 20.4 Å². The summed E-state index contributed by atoms with van der Waals surface area (Å²) in [5.41, 5.74) is 1.07. The minimum absolute atomic E-state index is 0.0455. The van der Waals surface area contributed by atoms with E-state index in [1.54, 1.807) is 4.90 Å². The number of urea groups is 1. The molecular weight excluding hydrogens is 340 g/mol. The highest BCUT2D eigenvalue weighted by Crippen LogP contribution is 2.20. The Morgan fingerprint density at radius 2 is 1.84 bits per heavy atom. The van der Waals surface area contributed by atoms with Crippen LogP contribution < -0.4 is 15.5 Å². The molecule has 1 aliphatic heterocycles. The first-order chi connectivity index (χ1) is 12.1. The number of nitrogens with one attached hydrogen (secondary N) is 2. The molecule has 0 atom stereocenters. The molecule has 2 N–H and O–H groups in total. The third-order valence-corrected chi connectivity index (χ3v) is 5.10. The highest BCUT2D eigenvalue weighted by molar-refractivity contribution is 6.30.